The summed E-state index contributed by atoms with van der Waals surface area (Å²) in [4.78, 5) is 20.2. The van der Waals surface area contributed by atoms with E-state index in [0.29, 0.717) is 47.7 Å². The molecule has 1 aliphatic heterocycles. The molecular formula is C23H20ClN3O4S. The summed E-state index contributed by atoms with van der Waals surface area (Å²) in [6.45, 7) is 1.17. The van der Waals surface area contributed by atoms with Gasteiger partial charge in [0.1, 0.15) is 18.1 Å². The van der Waals surface area contributed by atoms with Gasteiger partial charge in [-0.05, 0) is 35.9 Å². The van der Waals surface area contributed by atoms with Gasteiger partial charge in [0.15, 0.2) is 16.5 Å². The number of rotatable bonds is 4. The first-order valence-corrected chi connectivity index (χ1v) is 11.2. The van der Waals surface area contributed by atoms with Crippen molar-refractivity contribution in [1.82, 2.24) is 14.3 Å². The van der Waals surface area contributed by atoms with Crippen LogP contribution in [0.3, 0.4) is 0 Å². The first-order chi connectivity index (χ1) is 15.6. The van der Waals surface area contributed by atoms with E-state index in [1.807, 2.05) is 40.2 Å². The predicted molar refractivity (Wildman–Crippen MR) is 123 cm³/mol. The van der Waals surface area contributed by atoms with E-state index in [0.717, 1.165) is 21.7 Å². The van der Waals surface area contributed by atoms with Crippen molar-refractivity contribution in [3.8, 4) is 28.4 Å². The number of methoxy groups -OCH3 is 2. The van der Waals surface area contributed by atoms with E-state index >= 15 is 0 Å². The molecule has 1 aliphatic rings. The van der Waals surface area contributed by atoms with Crippen molar-refractivity contribution in [3.63, 3.8) is 0 Å². The van der Waals surface area contributed by atoms with E-state index in [2.05, 4.69) is 4.98 Å². The SMILES string of the molecule is COc1ccc(Cl)cc1-c1cc2c(c(OC)c1)OCCN(C(=O)c1cn3ccsc3n1)C2. The molecule has 0 aliphatic carbocycles. The molecule has 3 heterocycles. The molecule has 0 bridgehead atoms. The molecule has 0 fully saturated rings. The van der Waals surface area contributed by atoms with E-state index < -0.39 is 0 Å². The molecule has 4 aromatic rings. The fourth-order valence-corrected chi connectivity index (χ4v) is 4.73. The van der Waals surface area contributed by atoms with Crippen molar-refractivity contribution >= 4 is 33.8 Å². The van der Waals surface area contributed by atoms with Crippen LogP contribution in [-0.4, -0.2) is 47.6 Å². The van der Waals surface area contributed by atoms with Crippen LogP contribution in [-0.2, 0) is 6.54 Å². The number of benzene rings is 2. The number of thiazole rings is 1. The third-order valence-corrected chi connectivity index (χ3v) is 6.40. The molecule has 32 heavy (non-hydrogen) atoms. The maximum atomic E-state index is 13.2. The number of ether oxygens (including phenoxy) is 3. The lowest BCUT2D eigenvalue weighted by Gasteiger charge is -2.19. The molecule has 2 aromatic carbocycles. The second-order valence-electron chi connectivity index (χ2n) is 7.31. The Labute approximate surface area is 193 Å². The number of hydrogen-bond acceptors (Lipinski definition) is 6. The summed E-state index contributed by atoms with van der Waals surface area (Å²) < 4.78 is 19.0. The molecule has 0 saturated carbocycles. The lowest BCUT2D eigenvalue weighted by molar-refractivity contribution is 0.0728. The number of hydrogen-bond donors (Lipinski definition) is 0. The van der Waals surface area contributed by atoms with Crippen molar-refractivity contribution in [2.24, 2.45) is 0 Å². The summed E-state index contributed by atoms with van der Waals surface area (Å²) in [6, 6.07) is 9.34. The minimum absolute atomic E-state index is 0.137. The van der Waals surface area contributed by atoms with E-state index in [9.17, 15) is 4.79 Å². The molecule has 0 radical (unpaired) electrons. The fourth-order valence-electron chi connectivity index (χ4n) is 3.86. The number of halogens is 1. The monoisotopic (exact) mass is 469 g/mol. The van der Waals surface area contributed by atoms with Crippen molar-refractivity contribution in [2.75, 3.05) is 27.4 Å². The topological polar surface area (TPSA) is 65.3 Å². The van der Waals surface area contributed by atoms with Gasteiger partial charge >= 0.3 is 0 Å². The molecule has 0 atom stereocenters. The van der Waals surface area contributed by atoms with Gasteiger partial charge < -0.3 is 19.1 Å². The van der Waals surface area contributed by atoms with Crippen molar-refractivity contribution < 1.29 is 19.0 Å². The van der Waals surface area contributed by atoms with Crippen LogP contribution in [0.2, 0.25) is 5.02 Å². The van der Waals surface area contributed by atoms with Crippen LogP contribution in [0.4, 0.5) is 0 Å². The molecule has 2 aromatic heterocycles. The summed E-state index contributed by atoms with van der Waals surface area (Å²) in [5.41, 5.74) is 2.95. The third-order valence-electron chi connectivity index (χ3n) is 5.39. The Kier molecular flexibility index (Phi) is 5.40. The molecule has 0 unspecified atom stereocenters. The van der Waals surface area contributed by atoms with E-state index in [-0.39, 0.29) is 5.91 Å². The van der Waals surface area contributed by atoms with Gasteiger partial charge in [-0.15, -0.1) is 11.3 Å². The Morgan fingerprint density at radius 2 is 2.03 bits per heavy atom. The number of carbonyl (C=O) groups is 1. The van der Waals surface area contributed by atoms with Crippen LogP contribution in [0.15, 0.2) is 48.1 Å². The van der Waals surface area contributed by atoms with Crippen molar-refractivity contribution in [2.45, 2.75) is 6.54 Å². The molecule has 1 amide bonds. The van der Waals surface area contributed by atoms with E-state index in [1.54, 1.807) is 31.4 Å². The fraction of sp³-hybridized carbons (Fsp3) is 0.217. The zero-order valence-electron chi connectivity index (χ0n) is 17.5. The van der Waals surface area contributed by atoms with Crippen LogP contribution in [0.25, 0.3) is 16.1 Å². The van der Waals surface area contributed by atoms with E-state index in [4.69, 9.17) is 25.8 Å². The first-order valence-electron chi connectivity index (χ1n) is 9.96. The van der Waals surface area contributed by atoms with Gasteiger partial charge in [-0.1, -0.05) is 11.6 Å². The average molecular weight is 470 g/mol. The van der Waals surface area contributed by atoms with Crippen molar-refractivity contribution in [3.05, 3.63) is 64.4 Å². The van der Waals surface area contributed by atoms with Gasteiger partial charge in [-0.25, -0.2) is 4.98 Å². The number of amides is 1. The minimum Gasteiger partial charge on any atom is -0.496 e. The predicted octanol–water partition coefficient (Wildman–Crippen LogP) is 4.77. The number of imidazole rings is 1. The number of nitrogens with zero attached hydrogens (tertiary/aromatic N) is 3. The Hall–Kier alpha value is -3.23. The molecule has 0 N–H and O–H groups in total. The quantitative estimate of drug-likeness (QED) is 0.431. The van der Waals surface area contributed by atoms with Crippen LogP contribution < -0.4 is 14.2 Å². The minimum atomic E-state index is -0.137. The Balaban J connectivity index is 1.54. The van der Waals surface area contributed by atoms with Gasteiger partial charge in [0.25, 0.3) is 5.91 Å². The van der Waals surface area contributed by atoms with Gasteiger partial charge in [0, 0.05) is 40.5 Å². The Bertz CT molecular complexity index is 1290. The van der Waals surface area contributed by atoms with Crippen LogP contribution in [0.1, 0.15) is 16.1 Å². The van der Waals surface area contributed by atoms with Gasteiger partial charge in [0.2, 0.25) is 0 Å². The smallest absolute Gasteiger partial charge is 0.274 e. The summed E-state index contributed by atoms with van der Waals surface area (Å²) in [7, 11) is 3.22. The highest BCUT2D eigenvalue weighted by Gasteiger charge is 2.26. The second kappa shape index (κ2) is 8.37. The van der Waals surface area contributed by atoms with Gasteiger partial charge in [-0.3, -0.25) is 9.20 Å². The number of fused-ring (bicyclic) bond motifs is 2. The lowest BCUT2D eigenvalue weighted by atomic mass is 10.0. The third kappa shape index (κ3) is 3.65. The largest absolute Gasteiger partial charge is 0.496 e. The first kappa shape index (κ1) is 20.7. The number of carbonyl (C=O) groups excluding carboxylic acids is 1. The van der Waals surface area contributed by atoms with Gasteiger partial charge in [-0.2, -0.15) is 0 Å². The van der Waals surface area contributed by atoms with Crippen LogP contribution >= 0.6 is 22.9 Å². The van der Waals surface area contributed by atoms with Gasteiger partial charge in [0.05, 0.1) is 20.8 Å². The molecule has 5 rings (SSSR count). The van der Waals surface area contributed by atoms with Crippen molar-refractivity contribution in [1.29, 1.82) is 0 Å². The van der Waals surface area contributed by atoms with E-state index in [1.165, 1.54) is 11.3 Å². The molecule has 7 nitrogen and oxygen atoms in total. The average Bonchev–Trinajstić information content (AvgIpc) is 3.34. The summed E-state index contributed by atoms with van der Waals surface area (Å²) in [5.74, 6) is 1.79. The summed E-state index contributed by atoms with van der Waals surface area (Å²) in [6.07, 6.45) is 3.65. The second-order valence-corrected chi connectivity index (χ2v) is 8.61. The molecule has 9 heteroatoms. The van der Waals surface area contributed by atoms with Crippen LogP contribution in [0, 0.1) is 0 Å². The Morgan fingerprint density at radius 3 is 2.81 bits per heavy atom. The summed E-state index contributed by atoms with van der Waals surface area (Å²) >= 11 is 7.74. The summed E-state index contributed by atoms with van der Waals surface area (Å²) in [5, 5.41) is 2.53. The lowest BCUT2D eigenvalue weighted by Crippen LogP contribution is -2.32. The number of aromatic nitrogens is 2. The molecular weight excluding hydrogens is 450 g/mol. The zero-order chi connectivity index (χ0) is 22.2. The standard InChI is InChI=1S/C23H20ClN3O4S/c1-29-19-4-3-16(24)11-17(19)14-9-15-12-26(5-7-31-21(15)20(10-14)30-2)22(28)18-13-27-6-8-32-23(27)25-18/h3-4,6,8-11,13H,5,7,12H2,1-2H3. The highest BCUT2D eigenvalue weighted by molar-refractivity contribution is 7.15. The normalized spacial score (nSPS) is 13.4. The maximum Gasteiger partial charge on any atom is 0.274 e. The molecule has 0 saturated heterocycles. The maximum absolute atomic E-state index is 13.2. The van der Waals surface area contributed by atoms with Crippen LogP contribution in [0.5, 0.6) is 17.2 Å². The molecule has 0 spiro atoms. The molecule has 164 valence electrons. The highest BCUT2D eigenvalue weighted by atomic mass is 35.5. The Morgan fingerprint density at radius 1 is 1.19 bits per heavy atom. The zero-order valence-corrected chi connectivity index (χ0v) is 19.1. The highest BCUT2D eigenvalue weighted by Crippen LogP contribution is 2.41.